The van der Waals surface area contributed by atoms with E-state index in [-0.39, 0.29) is 11.4 Å². The molecule has 1 amide bonds. The lowest BCUT2D eigenvalue weighted by molar-refractivity contribution is 0.0919. The van der Waals surface area contributed by atoms with Gasteiger partial charge < -0.3 is 5.32 Å². The quantitative estimate of drug-likeness (QED) is 0.832. The van der Waals surface area contributed by atoms with Gasteiger partial charge >= 0.3 is 0 Å². The van der Waals surface area contributed by atoms with Gasteiger partial charge in [0, 0.05) is 20.0 Å². The van der Waals surface area contributed by atoms with Gasteiger partial charge in [0.15, 0.2) is 0 Å². The van der Waals surface area contributed by atoms with Crippen molar-refractivity contribution >= 4 is 37.8 Å². The zero-order valence-corrected chi connectivity index (χ0v) is 12.1. The van der Waals surface area contributed by atoms with E-state index in [1.54, 1.807) is 12.1 Å². The summed E-state index contributed by atoms with van der Waals surface area (Å²) in [6, 6.07) is 5.49. The largest absolute Gasteiger partial charge is 0.347 e. The molecule has 2 nitrogen and oxygen atoms in total. The molecule has 1 N–H and O–H groups in total. The molecule has 0 aliphatic carbocycles. The zero-order chi connectivity index (χ0) is 11.6. The van der Waals surface area contributed by atoms with E-state index in [1.165, 1.54) is 0 Å². The predicted molar refractivity (Wildman–Crippen MR) is 69.1 cm³/mol. The second kappa shape index (κ2) is 4.66. The SMILES string of the molecule is CC(C)(C)NC(=O)c1cc(Br)cc(Br)c1. The smallest absolute Gasteiger partial charge is 0.251 e. The molecular formula is C11H13Br2NO. The van der Waals surface area contributed by atoms with Gasteiger partial charge in [0.05, 0.1) is 0 Å². The molecule has 0 saturated heterocycles. The lowest BCUT2D eigenvalue weighted by Gasteiger charge is -2.20. The highest BCUT2D eigenvalue weighted by Gasteiger charge is 2.15. The Morgan fingerprint density at radius 2 is 1.60 bits per heavy atom. The van der Waals surface area contributed by atoms with Crippen LogP contribution in [0.3, 0.4) is 0 Å². The predicted octanol–water partition coefficient (Wildman–Crippen LogP) is 3.74. The van der Waals surface area contributed by atoms with E-state index in [2.05, 4.69) is 37.2 Å². The highest BCUT2D eigenvalue weighted by atomic mass is 79.9. The summed E-state index contributed by atoms with van der Waals surface area (Å²) in [6.45, 7) is 5.87. The minimum atomic E-state index is -0.216. The van der Waals surface area contributed by atoms with Crippen molar-refractivity contribution in [2.45, 2.75) is 26.3 Å². The Morgan fingerprint density at radius 3 is 2.00 bits per heavy atom. The lowest BCUT2D eigenvalue weighted by Crippen LogP contribution is -2.40. The van der Waals surface area contributed by atoms with Crippen molar-refractivity contribution in [1.29, 1.82) is 0 Å². The maximum absolute atomic E-state index is 11.8. The van der Waals surface area contributed by atoms with Crippen molar-refractivity contribution in [1.82, 2.24) is 5.32 Å². The fourth-order valence-electron chi connectivity index (χ4n) is 1.10. The van der Waals surface area contributed by atoms with Crippen LogP contribution in [-0.4, -0.2) is 11.4 Å². The average molecular weight is 335 g/mol. The van der Waals surface area contributed by atoms with Crippen LogP contribution in [-0.2, 0) is 0 Å². The summed E-state index contributed by atoms with van der Waals surface area (Å²) in [5.41, 5.74) is 0.428. The fraction of sp³-hybridized carbons (Fsp3) is 0.364. The third kappa shape index (κ3) is 4.34. The van der Waals surface area contributed by atoms with Crippen molar-refractivity contribution < 1.29 is 4.79 Å². The number of halogens is 2. The molecule has 82 valence electrons. The van der Waals surface area contributed by atoms with Gasteiger partial charge in [-0.2, -0.15) is 0 Å². The molecular weight excluding hydrogens is 322 g/mol. The summed E-state index contributed by atoms with van der Waals surface area (Å²) in [6.07, 6.45) is 0. The van der Waals surface area contributed by atoms with Crippen LogP contribution in [0.2, 0.25) is 0 Å². The zero-order valence-electron chi connectivity index (χ0n) is 8.90. The van der Waals surface area contributed by atoms with Crippen LogP contribution in [0.5, 0.6) is 0 Å². The number of hydrogen-bond donors (Lipinski definition) is 1. The minimum Gasteiger partial charge on any atom is -0.347 e. The number of carbonyl (C=O) groups excluding carboxylic acids is 1. The number of amides is 1. The third-order valence-corrected chi connectivity index (χ3v) is 2.53. The Balaban J connectivity index is 2.92. The maximum atomic E-state index is 11.8. The molecule has 0 aliphatic rings. The van der Waals surface area contributed by atoms with E-state index < -0.39 is 0 Å². The molecule has 1 rings (SSSR count). The number of nitrogens with one attached hydrogen (secondary N) is 1. The molecule has 0 aliphatic heterocycles. The molecule has 0 aromatic heterocycles. The first kappa shape index (κ1) is 12.7. The van der Waals surface area contributed by atoms with Crippen LogP contribution in [0, 0.1) is 0 Å². The van der Waals surface area contributed by atoms with E-state index >= 15 is 0 Å². The number of rotatable bonds is 1. The normalized spacial score (nSPS) is 11.3. The summed E-state index contributed by atoms with van der Waals surface area (Å²) in [5.74, 6) is -0.0653. The van der Waals surface area contributed by atoms with Crippen LogP contribution >= 0.6 is 31.9 Å². The van der Waals surface area contributed by atoms with E-state index in [4.69, 9.17) is 0 Å². The summed E-state index contributed by atoms with van der Waals surface area (Å²) in [4.78, 5) is 11.8. The number of carbonyl (C=O) groups is 1. The van der Waals surface area contributed by atoms with Crippen molar-refractivity contribution in [3.63, 3.8) is 0 Å². The van der Waals surface area contributed by atoms with Gasteiger partial charge in [-0.1, -0.05) is 31.9 Å². The van der Waals surface area contributed by atoms with Gasteiger partial charge in [-0.15, -0.1) is 0 Å². The molecule has 0 unspecified atom stereocenters. The third-order valence-electron chi connectivity index (χ3n) is 1.61. The standard InChI is InChI=1S/C11H13Br2NO/c1-11(2,3)14-10(15)7-4-8(12)6-9(13)5-7/h4-6H,1-3H3,(H,14,15). The van der Waals surface area contributed by atoms with Crippen LogP contribution in [0.1, 0.15) is 31.1 Å². The van der Waals surface area contributed by atoms with Crippen LogP contribution < -0.4 is 5.32 Å². The van der Waals surface area contributed by atoms with Crippen molar-refractivity contribution in [3.8, 4) is 0 Å². The fourth-order valence-corrected chi connectivity index (χ4v) is 2.39. The van der Waals surface area contributed by atoms with E-state index in [0.717, 1.165) is 8.95 Å². The lowest BCUT2D eigenvalue weighted by atomic mass is 10.1. The van der Waals surface area contributed by atoms with Gasteiger partial charge in [-0.05, 0) is 39.0 Å². The molecule has 4 heteroatoms. The number of benzene rings is 1. The topological polar surface area (TPSA) is 29.1 Å². The van der Waals surface area contributed by atoms with Crippen LogP contribution in [0.4, 0.5) is 0 Å². The van der Waals surface area contributed by atoms with Crippen LogP contribution in [0.15, 0.2) is 27.1 Å². The molecule has 1 aromatic carbocycles. The minimum absolute atomic E-state index is 0.0653. The first-order valence-electron chi connectivity index (χ1n) is 4.56. The molecule has 0 bridgehead atoms. The number of hydrogen-bond acceptors (Lipinski definition) is 1. The Bertz CT molecular complexity index is 362. The monoisotopic (exact) mass is 333 g/mol. The summed E-state index contributed by atoms with van der Waals surface area (Å²) in [7, 11) is 0. The summed E-state index contributed by atoms with van der Waals surface area (Å²) >= 11 is 6.70. The van der Waals surface area contributed by atoms with Crippen molar-refractivity contribution in [2.75, 3.05) is 0 Å². The Labute approximate surface area is 107 Å². The second-order valence-electron chi connectivity index (χ2n) is 4.36. The van der Waals surface area contributed by atoms with Gasteiger partial charge in [0.2, 0.25) is 0 Å². The Morgan fingerprint density at radius 1 is 1.13 bits per heavy atom. The molecule has 0 saturated carbocycles. The molecule has 0 spiro atoms. The van der Waals surface area contributed by atoms with Gasteiger partial charge in [0.25, 0.3) is 5.91 Å². The molecule has 0 radical (unpaired) electrons. The average Bonchev–Trinajstić information content (AvgIpc) is 1.98. The molecule has 0 atom stereocenters. The summed E-state index contributed by atoms with van der Waals surface area (Å²) in [5, 5.41) is 2.91. The highest BCUT2D eigenvalue weighted by Crippen LogP contribution is 2.20. The highest BCUT2D eigenvalue weighted by molar-refractivity contribution is 9.11. The Kier molecular flexibility index (Phi) is 3.95. The molecule has 0 fully saturated rings. The first-order valence-corrected chi connectivity index (χ1v) is 6.15. The van der Waals surface area contributed by atoms with Gasteiger partial charge in [-0.25, -0.2) is 0 Å². The van der Waals surface area contributed by atoms with E-state index in [1.807, 2.05) is 26.8 Å². The molecule has 15 heavy (non-hydrogen) atoms. The van der Waals surface area contributed by atoms with Gasteiger partial charge in [0.1, 0.15) is 0 Å². The maximum Gasteiger partial charge on any atom is 0.251 e. The van der Waals surface area contributed by atoms with Gasteiger partial charge in [-0.3, -0.25) is 4.79 Å². The molecule has 1 aromatic rings. The van der Waals surface area contributed by atoms with Crippen molar-refractivity contribution in [2.24, 2.45) is 0 Å². The Hall–Kier alpha value is -0.350. The first-order chi connectivity index (χ1) is 6.78. The van der Waals surface area contributed by atoms with E-state index in [9.17, 15) is 4.79 Å². The molecule has 0 heterocycles. The van der Waals surface area contributed by atoms with Crippen LogP contribution in [0.25, 0.3) is 0 Å². The summed E-state index contributed by atoms with van der Waals surface area (Å²) < 4.78 is 1.77. The second-order valence-corrected chi connectivity index (χ2v) is 6.19. The van der Waals surface area contributed by atoms with E-state index in [0.29, 0.717) is 5.56 Å². The van der Waals surface area contributed by atoms with Crippen molar-refractivity contribution in [3.05, 3.63) is 32.7 Å².